The molecular formula is C23H28N2O2. The third-order valence-corrected chi connectivity index (χ3v) is 5.43. The molecule has 4 heteroatoms. The maximum absolute atomic E-state index is 12.7. The number of aryl methyl sites for hydroxylation is 2. The molecule has 2 aromatic rings. The van der Waals surface area contributed by atoms with Crippen molar-refractivity contribution in [1.82, 2.24) is 9.80 Å². The van der Waals surface area contributed by atoms with Crippen molar-refractivity contribution >= 4 is 11.8 Å². The predicted molar refractivity (Wildman–Crippen MR) is 108 cm³/mol. The van der Waals surface area contributed by atoms with Gasteiger partial charge in [0, 0.05) is 37.3 Å². The van der Waals surface area contributed by atoms with Crippen molar-refractivity contribution in [1.29, 1.82) is 0 Å². The lowest BCUT2D eigenvalue weighted by atomic mass is 10.0. The third kappa shape index (κ3) is 4.21. The van der Waals surface area contributed by atoms with Crippen LogP contribution in [-0.4, -0.2) is 47.8 Å². The Hall–Kier alpha value is -2.62. The van der Waals surface area contributed by atoms with E-state index in [0.717, 1.165) is 11.1 Å². The molecule has 1 aliphatic heterocycles. The van der Waals surface area contributed by atoms with Crippen LogP contribution in [0.1, 0.15) is 57.2 Å². The lowest BCUT2D eigenvalue weighted by Crippen LogP contribution is -2.50. The van der Waals surface area contributed by atoms with Gasteiger partial charge in [-0.15, -0.1) is 0 Å². The summed E-state index contributed by atoms with van der Waals surface area (Å²) in [6, 6.07) is 13.7. The van der Waals surface area contributed by atoms with Gasteiger partial charge in [-0.1, -0.05) is 32.0 Å². The van der Waals surface area contributed by atoms with Crippen molar-refractivity contribution in [3.63, 3.8) is 0 Å². The lowest BCUT2D eigenvalue weighted by molar-refractivity contribution is 0.0535. The zero-order valence-corrected chi connectivity index (χ0v) is 16.7. The van der Waals surface area contributed by atoms with Gasteiger partial charge in [-0.05, 0) is 60.7 Å². The fraction of sp³-hybridized carbons (Fsp3) is 0.391. The van der Waals surface area contributed by atoms with Gasteiger partial charge in [0.25, 0.3) is 11.8 Å². The minimum absolute atomic E-state index is 0.0450. The molecule has 0 saturated carbocycles. The average Bonchev–Trinajstić information content (AvgIpc) is 2.69. The minimum Gasteiger partial charge on any atom is -0.335 e. The second kappa shape index (κ2) is 7.95. The Bertz CT molecular complexity index is 832. The molecule has 1 saturated heterocycles. The Morgan fingerprint density at radius 1 is 0.741 bits per heavy atom. The third-order valence-electron chi connectivity index (χ3n) is 5.43. The van der Waals surface area contributed by atoms with Crippen LogP contribution in [0.4, 0.5) is 0 Å². The van der Waals surface area contributed by atoms with Crippen LogP contribution in [0.25, 0.3) is 0 Å². The standard InChI is InChI=1S/C23H28N2O2/c1-16(2)19-7-9-20(10-8-19)22(26)24-11-13-25(14-12-24)23(27)21-6-5-17(3)18(4)15-21/h5-10,15-16H,11-14H2,1-4H3. The summed E-state index contributed by atoms with van der Waals surface area (Å²) in [4.78, 5) is 29.2. The SMILES string of the molecule is Cc1ccc(C(=O)N2CCN(C(=O)c3ccc(C(C)C)cc3)CC2)cc1C. The molecule has 0 aromatic heterocycles. The molecule has 0 N–H and O–H groups in total. The number of amides is 2. The first-order valence-electron chi connectivity index (χ1n) is 9.62. The van der Waals surface area contributed by atoms with E-state index in [1.807, 2.05) is 66.1 Å². The fourth-order valence-corrected chi connectivity index (χ4v) is 3.36. The van der Waals surface area contributed by atoms with Gasteiger partial charge in [0.05, 0.1) is 0 Å². The van der Waals surface area contributed by atoms with Crippen LogP contribution in [0.3, 0.4) is 0 Å². The van der Waals surface area contributed by atoms with E-state index in [1.165, 1.54) is 11.1 Å². The first-order valence-corrected chi connectivity index (χ1v) is 9.62. The summed E-state index contributed by atoms with van der Waals surface area (Å²) in [6.45, 7) is 10.6. The van der Waals surface area contributed by atoms with E-state index < -0.39 is 0 Å². The fourth-order valence-electron chi connectivity index (χ4n) is 3.36. The number of carbonyl (C=O) groups excluding carboxylic acids is 2. The highest BCUT2D eigenvalue weighted by Gasteiger charge is 2.25. The zero-order chi connectivity index (χ0) is 19.6. The normalized spacial score (nSPS) is 14.6. The second-order valence-corrected chi connectivity index (χ2v) is 7.66. The number of hydrogen-bond donors (Lipinski definition) is 0. The van der Waals surface area contributed by atoms with Crippen LogP contribution in [0.5, 0.6) is 0 Å². The molecule has 4 nitrogen and oxygen atoms in total. The molecular weight excluding hydrogens is 336 g/mol. The van der Waals surface area contributed by atoms with Crippen LogP contribution >= 0.6 is 0 Å². The molecule has 2 aromatic carbocycles. The summed E-state index contributed by atoms with van der Waals surface area (Å²) in [5.41, 5.74) is 4.98. The molecule has 0 bridgehead atoms. The monoisotopic (exact) mass is 364 g/mol. The number of hydrogen-bond acceptors (Lipinski definition) is 2. The van der Waals surface area contributed by atoms with Gasteiger partial charge in [-0.3, -0.25) is 9.59 Å². The van der Waals surface area contributed by atoms with Crippen molar-refractivity contribution in [2.45, 2.75) is 33.6 Å². The van der Waals surface area contributed by atoms with Crippen LogP contribution < -0.4 is 0 Å². The quantitative estimate of drug-likeness (QED) is 0.825. The van der Waals surface area contributed by atoms with Crippen molar-refractivity contribution in [3.05, 3.63) is 70.3 Å². The molecule has 142 valence electrons. The Morgan fingerprint density at radius 3 is 1.70 bits per heavy atom. The molecule has 3 rings (SSSR count). The van der Waals surface area contributed by atoms with Gasteiger partial charge >= 0.3 is 0 Å². The molecule has 1 aliphatic rings. The van der Waals surface area contributed by atoms with E-state index in [0.29, 0.717) is 37.7 Å². The van der Waals surface area contributed by atoms with Gasteiger partial charge in [-0.25, -0.2) is 0 Å². The number of rotatable bonds is 3. The number of piperazine rings is 1. The lowest BCUT2D eigenvalue weighted by Gasteiger charge is -2.35. The number of nitrogens with zero attached hydrogens (tertiary/aromatic N) is 2. The van der Waals surface area contributed by atoms with Gasteiger partial charge in [0.15, 0.2) is 0 Å². The maximum atomic E-state index is 12.7. The Kier molecular flexibility index (Phi) is 5.64. The molecule has 1 heterocycles. The molecule has 0 unspecified atom stereocenters. The highest BCUT2D eigenvalue weighted by atomic mass is 16.2. The molecule has 0 radical (unpaired) electrons. The number of benzene rings is 2. The summed E-state index contributed by atoms with van der Waals surface area (Å²) in [6.07, 6.45) is 0. The van der Waals surface area contributed by atoms with E-state index in [1.54, 1.807) is 0 Å². The smallest absolute Gasteiger partial charge is 0.253 e. The zero-order valence-electron chi connectivity index (χ0n) is 16.7. The van der Waals surface area contributed by atoms with Crippen LogP contribution in [0, 0.1) is 13.8 Å². The van der Waals surface area contributed by atoms with Crippen molar-refractivity contribution in [2.75, 3.05) is 26.2 Å². The second-order valence-electron chi connectivity index (χ2n) is 7.66. The van der Waals surface area contributed by atoms with Crippen molar-refractivity contribution in [3.8, 4) is 0 Å². The summed E-state index contributed by atoms with van der Waals surface area (Å²) < 4.78 is 0. The first-order chi connectivity index (χ1) is 12.9. The summed E-state index contributed by atoms with van der Waals surface area (Å²) in [5.74, 6) is 0.546. The first kappa shape index (κ1) is 19.2. The Labute approximate surface area is 161 Å². The molecule has 0 aliphatic carbocycles. The topological polar surface area (TPSA) is 40.6 Å². The van der Waals surface area contributed by atoms with E-state index in [-0.39, 0.29) is 11.8 Å². The Balaban J connectivity index is 1.61. The largest absolute Gasteiger partial charge is 0.335 e. The van der Waals surface area contributed by atoms with Crippen molar-refractivity contribution in [2.24, 2.45) is 0 Å². The van der Waals surface area contributed by atoms with Gasteiger partial charge in [0.2, 0.25) is 0 Å². The van der Waals surface area contributed by atoms with E-state index in [9.17, 15) is 9.59 Å². The van der Waals surface area contributed by atoms with Crippen LogP contribution in [0.2, 0.25) is 0 Å². The summed E-state index contributed by atoms with van der Waals surface area (Å²) in [7, 11) is 0. The molecule has 0 atom stereocenters. The number of carbonyl (C=O) groups is 2. The molecule has 27 heavy (non-hydrogen) atoms. The maximum Gasteiger partial charge on any atom is 0.253 e. The van der Waals surface area contributed by atoms with Crippen LogP contribution in [0.15, 0.2) is 42.5 Å². The highest BCUT2D eigenvalue weighted by molar-refractivity contribution is 5.96. The van der Waals surface area contributed by atoms with Crippen LogP contribution in [-0.2, 0) is 0 Å². The summed E-state index contributed by atoms with van der Waals surface area (Å²) >= 11 is 0. The van der Waals surface area contributed by atoms with E-state index >= 15 is 0 Å². The van der Waals surface area contributed by atoms with E-state index in [2.05, 4.69) is 13.8 Å². The van der Waals surface area contributed by atoms with Crippen molar-refractivity contribution < 1.29 is 9.59 Å². The van der Waals surface area contributed by atoms with Gasteiger partial charge < -0.3 is 9.80 Å². The van der Waals surface area contributed by atoms with Gasteiger partial charge in [0.1, 0.15) is 0 Å². The minimum atomic E-state index is 0.0450. The highest BCUT2D eigenvalue weighted by Crippen LogP contribution is 2.17. The Morgan fingerprint density at radius 2 is 1.22 bits per heavy atom. The summed E-state index contributed by atoms with van der Waals surface area (Å²) in [5, 5.41) is 0. The predicted octanol–water partition coefficient (Wildman–Crippen LogP) is 4.03. The molecule has 0 spiro atoms. The molecule has 2 amide bonds. The van der Waals surface area contributed by atoms with Gasteiger partial charge in [-0.2, -0.15) is 0 Å². The molecule has 1 fully saturated rings. The van der Waals surface area contributed by atoms with E-state index in [4.69, 9.17) is 0 Å². The average molecular weight is 364 g/mol.